The molecule has 2 saturated heterocycles. The van der Waals surface area contributed by atoms with Crippen LogP contribution in [0.5, 0.6) is 5.75 Å². The van der Waals surface area contributed by atoms with Gasteiger partial charge in [0, 0.05) is 69.4 Å². The first-order chi connectivity index (χ1) is 21.5. The van der Waals surface area contributed by atoms with Gasteiger partial charge < -0.3 is 28.9 Å². The average Bonchev–Trinajstić information content (AvgIpc) is 3.07. The second kappa shape index (κ2) is 15.3. The molecule has 0 unspecified atom stereocenters. The lowest BCUT2D eigenvalue weighted by molar-refractivity contribution is -0.149. The van der Waals surface area contributed by atoms with E-state index in [0.717, 1.165) is 61.8 Å². The number of rotatable bonds is 11. The molecule has 1 amide bonds. The summed E-state index contributed by atoms with van der Waals surface area (Å²) in [5.74, 6) is 1.84. The second-order valence-electron chi connectivity index (χ2n) is 10.9. The van der Waals surface area contributed by atoms with Gasteiger partial charge in [-0.15, -0.1) is 0 Å². The van der Waals surface area contributed by atoms with E-state index >= 15 is 0 Å². The number of piperidine rings is 1. The van der Waals surface area contributed by atoms with Crippen molar-refractivity contribution in [1.82, 2.24) is 14.9 Å². The highest BCUT2D eigenvalue weighted by Crippen LogP contribution is 2.27. The minimum atomic E-state index is -0.262. The van der Waals surface area contributed by atoms with Crippen LogP contribution < -0.4 is 14.5 Å². The lowest BCUT2D eigenvalue weighted by atomic mass is 9.97. The number of hydrogen-bond acceptors (Lipinski definition) is 10. The van der Waals surface area contributed by atoms with Crippen molar-refractivity contribution in [2.45, 2.75) is 37.3 Å². The Morgan fingerprint density at radius 1 is 0.955 bits per heavy atom. The fourth-order valence-electron chi connectivity index (χ4n) is 5.63. The van der Waals surface area contributed by atoms with Crippen LogP contribution in [0.4, 0.5) is 11.5 Å². The molecule has 10 nitrogen and oxygen atoms in total. The molecule has 234 valence electrons. The first kappa shape index (κ1) is 31.6. The molecule has 1 aromatic heterocycles. The van der Waals surface area contributed by atoms with E-state index in [-0.39, 0.29) is 17.8 Å². The van der Waals surface area contributed by atoms with Gasteiger partial charge in [0.25, 0.3) is 5.91 Å². The predicted octanol–water partition coefficient (Wildman–Crippen LogP) is 4.67. The van der Waals surface area contributed by atoms with Gasteiger partial charge in [0.15, 0.2) is 5.16 Å². The van der Waals surface area contributed by atoms with E-state index in [1.54, 1.807) is 37.8 Å². The summed E-state index contributed by atoms with van der Waals surface area (Å²) >= 11 is 1.55. The van der Waals surface area contributed by atoms with Crippen molar-refractivity contribution in [2.75, 3.05) is 69.9 Å². The van der Waals surface area contributed by atoms with Crippen LogP contribution in [0.15, 0.2) is 59.8 Å². The number of hydrogen-bond donors (Lipinski definition) is 0. The quantitative estimate of drug-likeness (QED) is 0.171. The molecule has 0 spiro atoms. The first-order valence-electron chi connectivity index (χ1n) is 15.2. The summed E-state index contributed by atoms with van der Waals surface area (Å²) < 4.78 is 15.9. The van der Waals surface area contributed by atoms with Crippen LogP contribution in [0, 0.1) is 5.92 Å². The number of benzene rings is 2. The van der Waals surface area contributed by atoms with E-state index in [1.165, 1.54) is 5.69 Å². The average molecular weight is 620 g/mol. The Hall–Kier alpha value is -3.83. The van der Waals surface area contributed by atoms with Crippen LogP contribution in [0.3, 0.4) is 0 Å². The monoisotopic (exact) mass is 619 g/mol. The smallest absolute Gasteiger partial charge is 0.310 e. The van der Waals surface area contributed by atoms with Crippen LogP contribution in [0.1, 0.15) is 41.4 Å². The van der Waals surface area contributed by atoms with Gasteiger partial charge in [-0.3, -0.25) is 9.59 Å². The maximum absolute atomic E-state index is 13.3. The van der Waals surface area contributed by atoms with Crippen molar-refractivity contribution < 1.29 is 23.8 Å². The third-order valence-electron chi connectivity index (χ3n) is 7.95. The standard InChI is InChI=1S/C33H41N5O5S/c1-4-43-32(40)26-9-6-14-38(21-26)31(39)25-8-5-7-24(19-25)23-44-33-34-27(22-41-2)20-30(35-33)37-17-15-36(16-18-37)28-10-12-29(42-3)13-11-28/h5,7-8,10-13,19-20,26H,4,6,9,14-18,21-23H2,1-3H3/t26-/m1/s1. The molecule has 0 bridgehead atoms. The molecular formula is C33H41N5O5S. The number of piperazine rings is 1. The highest BCUT2D eigenvalue weighted by molar-refractivity contribution is 7.98. The number of ether oxygens (including phenoxy) is 3. The summed E-state index contributed by atoms with van der Waals surface area (Å²) in [6.07, 6.45) is 1.54. The number of esters is 1. The number of carbonyl (C=O) groups is 2. The van der Waals surface area contributed by atoms with Crippen molar-refractivity contribution in [3.05, 3.63) is 71.4 Å². The minimum Gasteiger partial charge on any atom is -0.497 e. The zero-order valence-electron chi connectivity index (χ0n) is 25.7. The Labute approximate surface area is 263 Å². The normalized spacial score (nSPS) is 17.0. The van der Waals surface area contributed by atoms with Gasteiger partial charge in [-0.1, -0.05) is 23.9 Å². The molecule has 1 atom stereocenters. The Morgan fingerprint density at radius 3 is 2.45 bits per heavy atom. The van der Waals surface area contributed by atoms with E-state index in [4.69, 9.17) is 24.2 Å². The molecule has 2 aromatic carbocycles. The van der Waals surface area contributed by atoms with Crippen LogP contribution in [-0.2, 0) is 26.6 Å². The van der Waals surface area contributed by atoms with Crippen LogP contribution in [0.2, 0.25) is 0 Å². The topological polar surface area (TPSA) is 97.3 Å². The molecule has 44 heavy (non-hydrogen) atoms. The fraction of sp³-hybridized carbons (Fsp3) is 0.455. The maximum atomic E-state index is 13.3. The summed E-state index contributed by atoms with van der Waals surface area (Å²) in [6.45, 7) is 7.06. The molecule has 0 radical (unpaired) electrons. The number of anilines is 2. The summed E-state index contributed by atoms with van der Waals surface area (Å²) in [7, 11) is 3.35. The van der Waals surface area contributed by atoms with E-state index in [0.29, 0.717) is 42.8 Å². The van der Waals surface area contributed by atoms with Gasteiger partial charge in [-0.05, 0) is 61.7 Å². The van der Waals surface area contributed by atoms with Gasteiger partial charge in [0.05, 0.1) is 31.9 Å². The molecule has 5 rings (SSSR count). The number of amides is 1. The zero-order chi connectivity index (χ0) is 30.9. The molecule has 2 aliphatic rings. The molecule has 0 N–H and O–H groups in total. The van der Waals surface area contributed by atoms with Gasteiger partial charge >= 0.3 is 5.97 Å². The Morgan fingerprint density at radius 2 is 1.73 bits per heavy atom. The third-order valence-corrected chi connectivity index (χ3v) is 8.87. The summed E-state index contributed by atoms with van der Waals surface area (Å²) in [5.41, 5.74) is 3.65. The van der Waals surface area contributed by atoms with Gasteiger partial charge in [-0.2, -0.15) is 0 Å². The highest BCUT2D eigenvalue weighted by atomic mass is 32.2. The van der Waals surface area contributed by atoms with Crippen LogP contribution >= 0.6 is 11.8 Å². The lowest BCUT2D eigenvalue weighted by Crippen LogP contribution is -2.46. The Bertz CT molecular complexity index is 1410. The molecule has 3 aromatic rings. The largest absolute Gasteiger partial charge is 0.497 e. The van der Waals surface area contributed by atoms with Crippen molar-refractivity contribution in [3.63, 3.8) is 0 Å². The number of carbonyl (C=O) groups excluding carboxylic acids is 2. The maximum Gasteiger partial charge on any atom is 0.310 e. The zero-order valence-corrected chi connectivity index (χ0v) is 26.6. The van der Waals surface area contributed by atoms with E-state index in [2.05, 4.69) is 21.9 Å². The van der Waals surface area contributed by atoms with Crippen molar-refractivity contribution in [3.8, 4) is 5.75 Å². The van der Waals surface area contributed by atoms with Gasteiger partial charge in [-0.25, -0.2) is 9.97 Å². The summed E-state index contributed by atoms with van der Waals surface area (Å²) in [5, 5.41) is 0.678. The predicted molar refractivity (Wildman–Crippen MR) is 171 cm³/mol. The first-order valence-corrected chi connectivity index (χ1v) is 16.1. The molecule has 2 aliphatic heterocycles. The molecule has 0 aliphatic carbocycles. The van der Waals surface area contributed by atoms with Gasteiger partial charge in [0.2, 0.25) is 0 Å². The molecule has 11 heteroatoms. The molecule has 3 heterocycles. The molecule has 0 saturated carbocycles. The number of methoxy groups -OCH3 is 2. The number of likely N-dealkylation sites (tertiary alicyclic amines) is 1. The number of aromatic nitrogens is 2. The molecular weight excluding hydrogens is 578 g/mol. The Kier molecular flexibility index (Phi) is 11.0. The fourth-order valence-corrected chi connectivity index (χ4v) is 6.45. The van der Waals surface area contributed by atoms with Crippen LogP contribution in [0.25, 0.3) is 0 Å². The third kappa shape index (κ3) is 8.00. The summed E-state index contributed by atoms with van der Waals surface area (Å²) in [4.78, 5) is 41.7. The second-order valence-corrected chi connectivity index (χ2v) is 11.9. The minimum absolute atomic E-state index is 0.0553. The molecule has 2 fully saturated rings. The van der Waals surface area contributed by atoms with Crippen LogP contribution in [-0.4, -0.2) is 86.8 Å². The number of thioether (sulfide) groups is 1. The summed E-state index contributed by atoms with van der Waals surface area (Å²) in [6, 6.07) is 17.9. The van der Waals surface area contributed by atoms with E-state index < -0.39 is 0 Å². The van der Waals surface area contributed by atoms with E-state index in [1.807, 2.05) is 42.5 Å². The van der Waals surface area contributed by atoms with Crippen molar-refractivity contribution in [2.24, 2.45) is 5.92 Å². The lowest BCUT2D eigenvalue weighted by Gasteiger charge is -2.37. The highest BCUT2D eigenvalue weighted by Gasteiger charge is 2.30. The number of nitrogens with zero attached hydrogens (tertiary/aromatic N) is 5. The van der Waals surface area contributed by atoms with Gasteiger partial charge in [0.1, 0.15) is 11.6 Å². The van der Waals surface area contributed by atoms with Crippen molar-refractivity contribution >= 4 is 35.1 Å². The SMILES string of the molecule is CCOC(=O)[C@@H]1CCCN(C(=O)c2cccc(CSc3nc(COC)cc(N4CCN(c5ccc(OC)cc5)CC4)n3)c2)C1. The van der Waals surface area contributed by atoms with Crippen molar-refractivity contribution in [1.29, 1.82) is 0 Å². The Balaban J connectivity index is 1.22. The van der Waals surface area contributed by atoms with E-state index in [9.17, 15) is 9.59 Å².